The van der Waals surface area contributed by atoms with Gasteiger partial charge in [-0.3, -0.25) is 4.68 Å². The number of rotatable bonds is 2. The van der Waals surface area contributed by atoms with Gasteiger partial charge in [0.2, 0.25) is 0 Å². The molecule has 66 valence electrons. The molecule has 1 saturated heterocycles. The Morgan fingerprint density at radius 1 is 1.58 bits per heavy atom. The molecule has 0 atom stereocenters. The highest BCUT2D eigenvalue weighted by molar-refractivity contribution is 6.30. The highest BCUT2D eigenvalue weighted by atomic mass is 35.5. The molecule has 0 unspecified atom stereocenters. The topological polar surface area (TPSA) is 36.3 Å². The fraction of sp³-hybridized carbons (Fsp3) is 0.571. The average Bonchev–Trinajstić information content (AvgIpc) is 2.63. The molecule has 2 rings (SSSR count). The van der Waals surface area contributed by atoms with Crippen LogP contribution in [-0.2, 0) is 16.0 Å². The Balaban J connectivity index is 1.94. The first kappa shape index (κ1) is 8.04. The lowest BCUT2D eigenvalue weighted by Gasteiger charge is -2.07. The van der Waals surface area contributed by atoms with Crippen LogP contribution < -0.4 is 0 Å². The lowest BCUT2D eigenvalue weighted by atomic mass is 10.6. The molecule has 1 aliphatic heterocycles. The summed E-state index contributed by atoms with van der Waals surface area (Å²) in [5.41, 5.74) is 0. The van der Waals surface area contributed by atoms with E-state index < -0.39 is 0 Å². The van der Waals surface area contributed by atoms with Gasteiger partial charge in [-0.05, 0) is 0 Å². The van der Waals surface area contributed by atoms with Crippen molar-refractivity contribution in [3.63, 3.8) is 0 Å². The van der Waals surface area contributed by atoms with Crippen LogP contribution in [0.1, 0.15) is 0 Å². The molecule has 0 amide bonds. The zero-order valence-electron chi connectivity index (χ0n) is 6.44. The molecule has 2 heterocycles. The SMILES string of the molecule is Clc1cnn(CC2OCCO2)c1. The Morgan fingerprint density at radius 3 is 2.92 bits per heavy atom. The van der Waals surface area contributed by atoms with Crippen molar-refractivity contribution in [2.24, 2.45) is 0 Å². The van der Waals surface area contributed by atoms with Gasteiger partial charge in [0.15, 0.2) is 6.29 Å². The van der Waals surface area contributed by atoms with Gasteiger partial charge in [-0.2, -0.15) is 5.10 Å². The van der Waals surface area contributed by atoms with Gasteiger partial charge in [-0.15, -0.1) is 0 Å². The minimum atomic E-state index is -0.166. The molecule has 0 bridgehead atoms. The summed E-state index contributed by atoms with van der Waals surface area (Å²) in [6.45, 7) is 1.94. The lowest BCUT2D eigenvalue weighted by Crippen LogP contribution is -2.16. The lowest BCUT2D eigenvalue weighted by molar-refractivity contribution is -0.0545. The maximum absolute atomic E-state index is 5.68. The van der Waals surface area contributed by atoms with E-state index in [-0.39, 0.29) is 6.29 Å². The van der Waals surface area contributed by atoms with Crippen molar-refractivity contribution >= 4 is 11.6 Å². The Morgan fingerprint density at radius 2 is 2.33 bits per heavy atom. The van der Waals surface area contributed by atoms with Crippen LogP contribution in [0.4, 0.5) is 0 Å². The number of ether oxygens (including phenoxy) is 2. The molecule has 0 saturated carbocycles. The third kappa shape index (κ3) is 1.77. The van der Waals surface area contributed by atoms with Gasteiger partial charge in [0.05, 0.1) is 31.0 Å². The van der Waals surface area contributed by atoms with E-state index in [1.165, 1.54) is 0 Å². The summed E-state index contributed by atoms with van der Waals surface area (Å²) in [5.74, 6) is 0. The normalized spacial score (nSPS) is 18.8. The molecule has 12 heavy (non-hydrogen) atoms. The second kappa shape index (κ2) is 3.43. The first-order valence-corrected chi connectivity index (χ1v) is 4.13. The molecule has 0 N–H and O–H groups in total. The van der Waals surface area contributed by atoms with E-state index in [4.69, 9.17) is 21.1 Å². The maximum Gasteiger partial charge on any atom is 0.177 e. The fourth-order valence-corrected chi connectivity index (χ4v) is 1.26. The molecule has 1 fully saturated rings. The second-order valence-electron chi connectivity index (χ2n) is 2.55. The minimum absolute atomic E-state index is 0.166. The van der Waals surface area contributed by atoms with Crippen molar-refractivity contribution in [1.82, 2.24) is 9.78 Å². The van der Waals surface area contributed by atoms with E-state index in [1.807, 2.05) is 0 Å². The van der Waals surface area contributed by atoms with E-state index in [0.717, 1.165) is 0 Å². The van der Waals surface area contributed by atoms with Crippen LogP contribution in [0.15, 0.2) is 12.4 Å². The summed E-state index contributed by atoms with van der Waals surface area (Å²) in [6.07, 6.45) is 3.17. The molecule has 1 aromatic heterocycles. The summed E-state index contributed by atoms with van der Waals surface area (Å²) in [4.78, 5) is 0. The highest BCUT2D eigenvalue weighted by Crippen LogP contribution is 2.09. The van der Waals surface area contributed by atoms with Crippen molar-refractivity contribution in [2.45, 2.75) is 12.8 Å². The Hall–Kier alpha value is -0.580. The number of aromatic nitrogens is 2. The number of halogens is 1. The molecule has 5 heteroatoms. The largest absolute Gasteiger partial charge is 0.348 e. The van der Waals surface area contributed by atoms with Crippen molar-refractivity contribution in [3.8, 4) is 0 Å². The number of hydrogen-bond donors (Lipinski definition) is 0. The Bertz CT molecular complexity index is 258. The van der Waals surface area contributed by atoms with Crippen LogP contribution in [0.2, 0.25) is 5.02 Å². The molecule has 1 aliphatic rings. The molecule has 0 radical (unpaired) electrons. The van der Waals surface area contributed by atoms with Gasteiger partial charge in [-0.1, -0.05) is 11.6 Å². The van der Waals surface area contributed by atoms with Gasteiger partial charge in [0, 0.05) is 6.20 Å². The Kier molecular flexibility index (Phi) is 2.30. The first-order valence-electron chi connectivity index (χ1n) is 3.76. The van der Waals surface area contributed by atoms with E-state index >= 15 is 0 Å². The third-order valence-electron chi connectivity index (χ3n) is 1.63. The average molecular weight is 189 g/mol. The van der Waals surface area contributed by atoms with Gasteiger partial charge in [0.1, 0.15) is 0 Å². The van der Waals surface area contributed by atoms with Crippen LogP contribution in [0.25, 0.3) is 0 Å². The van der Waals surface area contributed by atoms with E-state index in [9.17, 15) is 0 Å². The first-order chi connectivity index (χ1) is 5.84. The number of hydrogen-bond acceptors (Lipinski definition) is 3. The van der Waals surface area contributed by atoms with Crippen LogP contribution in [-0.4, -0.2) is 29.3 Å². The van der Waals surface area contributed by atoms with Gasteiger partial charge in [-0.25, -0.2) is 0 Å². The molecule has 1 aromatic rings. The molecule has 0 aromatic carbocycles. The fourth-order valence-electron chi connectivity index (χ4n) is 1.10. The summed E-state index contributed by atoms with van der Waals surface area (Å²) >= 11 is 5.68. The van der Waals surface area contributed by atoms with E-state index in [1.54, 1.807) is 17.1 Å². The van der Waals surface area contributed by atoms with E-state index in [2.05, 4.69) is 5.10 Å². The van der Waals surface area contributed by atoms with Crippen LogP contribution >= 0.6 is 11.6 Å². The van der Waals surface area contributed by atoms with Crippen molar-refractivity contribution in [2.75, 3.05) is 13.2 Å². The van der Waals surface area contributed by atoms with Crippen LogP contribution in [0.5, 0.6) is 0 Å². The highest BCUT2D eigenvalue weighted by Gasteiger charge is 2.16. The van der Waals surface area contributed by atoms with Crippen molar-refractivity contribution in [1.29, 1.82) is 0 Å². The summed E-state index contributed by atoms with van der Waals surface area (Å²) in [7, 11) is 0. The van der Waals surface area contributed by atoms with Crippen molar-refractivity contribution in [3.05, 3.63) is 17.4 Å². The van der Waals surface area contributed by atoms with Crippen molar-refractivity contribution < 1.29 is 9.47 Å². The zero-order valence-corrected chi connectivity index (χ0v) is 7.20. The molecule has 4 nitrogen and oxygen atoms in total. The van der Waals surface area contributed by atoms with Crippen LogP contribution in [0, 0.1) is 0 Å². The molecule has 0 spiro atoms. The summed E-state index contributed by atoms with van der Waals surface area (Å²) in [6, 6.07) is 0. The smallest absolute Gasteiger partial charge is 0.177 e. The molecular weight excluding hydrogens is 180 g/mol. The van der Waals surface area contributed by atoms with Crippen LogP contribution in [0.3, 0.4) is 0 Å². The van der Waals surface area contributed by atoms with E-state index in [0.29, 0.717) is 24.8 Å². The minimum Gasteiger partial charge on any atom is -0.348 e. The number of nitrogens with zero attached hydrogens (tertiary/aromatic N) is 2. The molecular formula is C7H9ClN2O2. The third-order valence-corrected chi connectivity index (χ3v) is 1.82. The second-order valence-corrected chi connectivity index (χ2v) is 2.99. The monoisotopic (exact) mass is 188 g/mol. The quantitative estimate of drug-likeness (QED) is 0.692. The zero-order chi connectivity index (χ0) is 8.39. The summed E-state index contributed by atoms with van der Waals surface area (Å²) in [5, 5.41) is 4.64. The predicted molar refractivity (Wildman–Crippen MR) is 42.9 cm³/mol. The standard InChI is InChI=1S/C7H9ClN2O2/c8-6-3-9-10(4-6)5-7-11-1-2-12-7/h3-4,7H,1-2,5H2. The van der Waals surface area contributed by atoms with Gasteiger partial charge < -0.3 is 9.47 Å². The summed E-state index contributed by atoms with van der Waals surface area (Å²) < 4.78 is 12.2. The molecule has 0 aliphatic carbocycles. The Labute approximate surface area is 75.0 Å². The predicted octanol–water partition coefficient (Wildman–Crippen LogP) is 0.909. The maximum atomic E-state index is 5.68. The van der Waals surface area contributed by atoms with Gasteiger partial charge in [0.25, 0.3) is 0 Å². The van der Waals surface area contributed by atoms with Gasteiger partial charge >= 0.3 is 0 Å².